The third-order valence-electron chi connectivity index (χ3n) is 5.61. The van der Waals surface area contributed by atoms with E-state index in [0.29, 0.717) is 48.5 Å². The van der Waals surface area contributed by atoms with Gasteiger partial charge in [0.05, 0.1) is 30.0 Å². The molecule has 1 atom stereocenters. The number of alkyl halides is 3. The van der Waals surface area contributed by atoms with Crippen LogP contribution in [0.2, 0.25) is 0 Å². The molecule has 1 aliphatic rings. The van der Waals surface area contributed by atoms with Gasteiger partial charge in [0.25, 0.3) is 0 Å². The van der Waals surface area contributed by atoms with Gasteiger partial charge in [-0.15, -0.1) is 6.42 Å². The first-order valence-corrected chi connectivity index (χ1v) is 11.7. The molecule has 2 N–H and O–H groups in total. The molecule has 3 aromatic rings. The highest BCUT2D eigenvalue weighted by Gasteiger charge is 2.31. The minimum absolute atomic E-state index is 0.0626. The molecule has 1 aromatic heterocycles. The van der Waals surface area contributed by atoms with E-state index in [9.17, 15) is 18.0 Å². The van der Waals surface area contributed by atoms with Crippen molar-refractivity contribution < 1.29 is 27.4 Å². The third-order valence-corrected chi connectivity index (χ3v) is 5.61. The van der Waals surface area contributed by atoms with Gasteiger partial charge < -0.3 is 25.0 Å². The van der Waals surface area contributed by atoms with Crippen molar-refractivity contribution in [2.45, 2.75) is 18.7 Å². The zero-order valence-corrected chi connectivity index (χ0v) is 20.8. The predicted molar refractivity (Wildman–Crippen MR) is 138 cm³/mol. The highest BCUT2D eigenvalue weighted by Crippen LogP contribution is 2.36. The number of hydrogen-bond acceptors (Lipinski definition) is 7. The van der Waals surface area contributed by atoms with Gasteiger partial charge in [0.15, 0.2) is 0 Å². The number of benzene rings is 2. The van der Waals surface area contributed by atoms with E-state index in [1.165, 1.54) is 18.5 Å². The van der Waals surface area contributed by atoms with E-state index in [-0.39, 0.29) is 29.1 Å². The highest BCUT2D eigenvalue weighted by molar-refractivity contribution is 6.03. The van der Waals surface area contributed by atoms with E-state index in [1.807, 2.05) is 19.0 Å². The topological polar surface area (TPSA) is 88.6 Å². The molecule has 2 aromatic carbocycles. The van der Waals surface area contributed by atoms with Crippen molar-refractivity contribution in [3.05, 3.63) is 59.9 Å². The molecular formula is C27H26F3N5O3. The van der Waals surface area contributed by atoms with E-state index in [0.717, 1.165) is 12.1 Å². The van der Waals surface area contributed by atoms with Gasteiger partial charge in [-0.25, -0.2) is 9.97 Å². The fraction of sp³-hybridized carbons (Fsp3) is 0.296. The SMILES string of the molecule is C#Cc1cc(Nc2ncnc3cc(O[C@H]4CCOC4)c(NC(=O)C=CCN(C)C)cc23)cc(C(F)(F)F)c1. The molecule has 0 radical (unpaired) electrons. The van der Waals surface area contributed by atoms with Crippen molar-refractivity contribution in [1.82, 2.24) is 14.9 Å². The number of amides is 1. The van der Waals surface area contributed by atoms with Crippen LogP contribution in [0.5, 0.6) is 5.75 Å². The number of likely N-dealkylation sites (N-methyl/N-ethyl adjacent to an activating group) is 1. The van der Waals surface area contributed by atoms with Crippen molar-refractivity contribution in [2.24, 2.45) is 0 Å². The van der Waals surface area contributed by atoms with Crippen LogP contribution in [0.4, 0.5) is 30.4 Å². The van der Waals surface area contributed by atoms with Gasteiger partial charge >= 0.3 is 6.18 Å². The van der Waals surface area contributed by atoms with Gasteiger partial charge in [-0.1, -0.05) is 12.0 Å². The molecule has 0 aliphatic carbocycles. The Morgan fingerprint density at radius 2 is 2.08 bits per heavy atom. The minimum atomic E-state index is -4.58. The van der Waals surface area contributed by atoms with Crippen LogP contribution in [-0.4, -0.2) is 60.7 Å². The van der Waals surface area contributed by atoms with Gasteiger partial charge in [0.1, 0.15) is 24.0 Å². The van der Waals surface area contributed by atoms with Gasteiger partial charge in [0.2, 0.25) is 5.91 Å². The summed E-state index contributed by atoms with van der Waals surface area (Å²) in [7, 11) is 3.76. The fourth-order valence-electron chi connectivity index (χ4n) is 3.79. The molecule has 38 heavy (non-hydrogen) atoms. The number of ether oxygens (including phenoxy) is 2. The maximum atomic E-state index is 13.4. The van der Waals surface area contributed by atoms with Crippen LogP contribution in [0.15, 0.2) is 48.8 Å². The molecule has 11 heteroatoms. The third kappa shape index (κ3) is 6.79. The van der Waals surface area contributed by atoms with E-state index < -0.39 is 11.7 Å². The summed E-state index contributed by atoms with van der Waals surface area (Å²) in [6.07, 6.45) is 5.71. The molecule has 0 spiro atoms. The molecule has 1 fully saturated rings. The lowest BCUT2D eigenvalue weighted by atomic mass is 10.1. The number of carbonyl (C=O) groups is 1. The Balaban J connectivity index is 1.72. The molecule has 0 bridgehead atoms. The Morgan fingerprint density at radius 1 is 1.26 bits per heavy atom. The average Bonchev–Trinajstić information content (AvgIpc) is 3.37. The molecule has 4 rings (SSSR count). The van der Waals surface area contributed by atoms with Crippen molar-refractivity contribution in [2.75, 3.05) is 44.5 Å². The Morgan fingerprint density at radius 3 is 2.76 bits per heavy atom. The zero-order valence-electron chi connectivity index (χ0n) is 20.8. The van der Waals surface area contributed by atoms with Crippen molar-refractivity contribution in [1.29, 1.82) is 0 Å². The fourth-order valence-corrected chi connectivity index (χ4v) is 3.79. The first-order chi connectivity index (χ1) is 18.1. The Bertz CT molecular complexity index is 1390. The van der Waals surface area contributed by atoms with Crippen molar-refractivity contribution >= 4 is 34.0 Å². The first kappa shape index (κ1) is 26.9. The van der Waals surface area contributed by atoms with Crippen LogP contribution in [0, 0.1) is 12.3 Å². The molecule has 2 heterocycles. The number of rotatable bonds is 8. The molecule has 0 saturated carbocycles. The second-order valence-electron chi connectivity index (χ2n) is 8.91. The summed E-state index contributed by atoms with van der Waals surface area (Å²) in [5, 5.41) is 6.19. The van der Waals surface area contributed by atoms with E-state index >= 15 is 0 Å². The van der Waals surface area contributed by atoms with Crippen molar-refractivity contribution in [3.63, 3.8) is 0 Å². The number of carbonyl (C=O) groups excluding carboxylic acids is 1. The Labute approximate surface area is 217 Å². The molecule has 1 saturated heterocycles. The summed E-state index contributed by atoms with van der Waals surface area (Å²) in [6, 6.07) is 6.54. The van der Waals surface area contributed by atoms with Crippen LogP contribution in [0.3, 0.4) is 0 Å². The monoisotopic (exact) mass is 525 g/mol. The minimum Gasteiger partial charge on any atom is -0.486 e. The van der Waals surface area contributed by atoms with Gasteiger partial charge in [-0.2, -0.15) is 13.2 Å². The van der Waals surface area contributed by atoms with Crippen LogP contribution in [-0.2, 0) is 15.7 Å². The summed E-state index contributed by atoms with van der Waals surface area (Å²) in [6.45, 7) is 1.56. The summed E-state index contributed by atoms with van der Waals surface area (Å²) in [4.78, 5) is 23.0. The normalized spacial score (nSPS) is 15.7. The van der Waals surface area contributed by atoms with Crippen molar-refractivity contribution in [3.8, 4) is 18.1 Å². The number of anilines is 3. The van der Waals surface area contributed by atoms with Crippen LogP contribution in [0.1, 0.15) is 17.5 Å². The number of hydrogen-bond donors (Lipinski definition) is 2. The quantitative estimate of drug-likeness (QED) is 0.328. The summed E-state index contributed by atoms with van der Waals surface area (Å²) in [5.74, 6) is 2.49. The lowest BCUT2D eigenvalue weighted by Gasteiger charge is -2.18. The number of nitrogens with zero attached hydrogens (tertiary/aromatic N) is 3. The van der Waals surface area contributed by atoms with Crippen LogP contribution < -0.4 is 15.4 Å². The predicted octanol–water partition coefficient (Wildman–Crippen LogP) is 4.60. The molecule has 198 valence electrons. The number of halogens is 3. The second-order valence-corrected chi connectivity index (χ2v) is 8.91. The Kier molecular flexibility index (Phi) is 8.14. The maximum Gasteiger partial charge on any atom is 0.416 e. The first-order valence-electron chi connectivity index (χ1n) is 11.7. The van der Waals surface area contributed by atoms with Gasteiger partial charge in [-0.05, 0) is 38.4 Å². The van der Waals surface area contributed by atoms with Crippen LogP contribution in [0.25, 0.3) is 10.9 Å². The van der Waals surface area contributed by atoms with Crippen LogP contribution >= 0.6 is 0 Å². The van der Waals surface area contributed by atoms with E-state index in [1.54, 1.807) is 18.2 Å². The average molecular weight is 526 g/mol. The molecule has 1 aliphatic heterocycles. The smallest absolute Gasteiger partial charge is 0.416 e. The number of aromatic nitrogens is 2. The molecular weight excluding hydrogens is 499 g/mol. The van der Waals surface area contributed by atoms with E-state index in [2.05, 4.69) is 26.5 Å². The number of terminal acetylenes is 1. The Hall–Kier alpha value is -4.14. The standard InChI is InChI=1S/C27H26F3N5O3/c1-4-17-10-18(27(28,29)30)12-19(11-17)33-26-21-13-23(34-25(36)6-5-8-35(2)3)24(14-22(21)31-16-32-26)38-20-7-9-37-15-20/h1,5-6,10-14,16,20H,7-9,15H2,2-3H3,(H,34,36)(H,31,32,33)/t20-/m0/s1. The lowest BCUT2D eigenvalue weighted by Crippen LogP contribution is -2.18. The highest BCUT2D eigenvalue weighted by atomic mass is 19.4. The van der Waals surface area contributed by atoms with Gasteiger partial charge in [-0.3, -0.25) is 4.79 Å². The molecule has 8 nitrogen and oxygen atoms in total. The lowest BCUT2D eigenvalue weighted by molar-refractivity contribution is -0.137. The largest absolute Gasteiger partial charge is 0.486 e. The second kappa shape index (κ2) is 11.5. The molecule has 0 unspecified atom stereocenters. The summed E-state index contributed by atoms with van der Waals surface area (Å²) >= 11 is 0. The van der Waals surface area contributed by atoms with Gasteiger partial charge in [0, 0.05) is 41.7 Å². The maximum absolute atomic E-state index is 13.4. The summed E-state index contributed by atoms with van der Waals surface area (Å²) < 4.78 is 51.7. The summed E-state index contributed by atoms with van der Waals surface area (Å²) in [5.41, 5.74) is 0.0959. The zero-order chi connectivity index (χ0) is 27.3. The van der Waals surface area contributed by atoms with E-state index in [4.69, 9.17) is 15.9 Å². The molecule has 1 amide bonds. The number of fused-ring (bicyclic) bond motifs is 1. The number of nitrogens with one attached hydrogen (secondary N) is 2.